The Morgan fingerprint density at radius 2 is 1.59 bits per heavy atom. The van der Waals surface area contributed by atoms with Crippen LogP contribution in [0.1, 0.15) is 29.0 Å². The lowest BCUT2D eigenvalue weighted by Gasteiger charge is -2.38. The Morgan fingerprint density at radius 1 is 0.875 bits per heavy atom. The molecule has 1 atom stereocenters. The number of hydrogen-bond donors (Lipinski definition) is 1. The first kappa shape index (κ1) is 21.4. The van der Waals surface area contributed by atoms with Crippen LogP contribution < -0.4 is 29.2 Å². The van der Waals surface area contributed by atoms with Gasteiger partial charge in [-0.3, -0.25) is 9.69 Å². The molecule has 3 aromatic carbocycles. The zero-order valence-corrected chi connectivity index (χ0v) is 18.5. The largest absolute Gasteiger partial charge is 0.494 e. The molecule has 0 unspecified atom stereocenters. The van der Waals surface area contributed by atoms with Gasteiger partial charge in [0.25, 0.3) is 5.91 Å². The molecule has 0 saturated heterocycles. The van der Waals surface area contributed by atoms with Gasteiger partial charge in [-0.25, -0.2) is 0 Å². The normalized spacial score (nSPS) is 14.9. The standard InChI is InChI=1S/C25H26N2O5/c1-5-32-17-12-10-16(11-13-17)27-24(26-20-9-7-6-8-18(20)25(27)28)19-14-15-21(29-2)23(31-4)22(19)30-3/h6-15,24,26H,5H2,1-4H3/t24-/m1/s1. The van der Waals surface area contributed by atoms with E-state index in [0.717, 1.165) is 22.7 Å². The number of amides is 1. The van der Waals surface area contributed by atoms with E-state index in [9.17, 15) is 4.79 Å². The number of carbonyl (C=O) groups is 1. The smallest absolute Gasteiger partial charge is 0.262 e. The van der Waals surface area contributed by atoms with Crippen molar-refractivity contribution in [1.29, 1.82) is 0 Å². The molecule has 1 amide bonds. The minimum Gasteiger partial charge on any atom is -0.494 e. The number of para-hydroxylation sites is 1. The fourth-order valence-corrected chi connectivity index (χ4v) is 3.95. The van der Waals surface area contributed by atoms with Gasteiger partial charge < -0.3 is 24.3 Å². The molecule has 1 aliphatic heterocycles. The maximum Gasteiger partial charge on any atom is 0.262 e. The van der Waals surface area contributed by atoms with Gasteiger partial charge in [-0.1, -0.05) is 12.1 Å². The summed E-state index contributed by atoms with van der Waals surface area (Å²) in [5.74, 6) is 2.13. The highest BCUT2D eigenvalue weighted by Gasteiger charge is 2.36. The van der Waals surface area contributed by atoms with Crippen molar-refractivity contribution in [3.63, 3.8) is 0 Å². The number of nitrogens with one attached hydrogen (secondary N) is 1. The molecule has 32 heavy (non-hydrogen) atoms. The zero-order chi connectivity index (χ0) is 22.7. The molecule has 0 aromatic heterocycles. The van der Waals surface area contributed by atoms with Crippen LogP contribution in [0.2, 0.25) is 0 Å². The summed E-state index contributed by atoms with van der Waals surface area (Å²) in [7, 11) is 4.70. The van der Waals surface area contributed by atoms with Gasteiger partial charge in [0.1, 0.15) is 11.9 Å². The Bertz CT molecular complexity index is 1110. The van der Waals surface area contributed by atoms with Crippen LogP contribution in [0.4, 0.5) is 11.4 Å². The van der Waals surface area contributed by atoms with Gasteiger partial charge in [-0.15, -0.1) is 0 Å². The van der Waals surface area contributed by atoms with E-state index in [1.54, 1.807) is 32.3 Å². The van der Waals surface area contributed by atoms with E-state index in [-0.39, 0.29) is 5.91 Å². The number of benzene rings is 3. The van der Waals surface area contributed by atoms with Gasteiger partial charge in [-0.2, -0.15) is 0 Å². The molecule has 0 radical (unpaired) electrons. The number of anilines is 2. The van der Waals surface area contributed by atoms with Crippen LogP contribution in [0, 0.1) is 0 Å². The van der Waals surface area contributed by atoms with Gasteiger partial charge in [0.2, 0.25) is 5.75 Å². The number of fused-ring (bicyclic) bond motifs is 1. The van der Waals surface area contributed by atoms with Gasteiger partial charge in [0, 0.05) is 16.9 Å². The van der Waals surface area contributed by atoms with Gasteiger partial charge in [0.15, 0.2) is 11.5 Å². The lowest BCUT2D eigenvalue weighted by atomic mass is 10.0. The molecule has 7 heteroatoms. The van der Waals surface area contributed by atoms with Crippen molar-refractivity contribution in [3.05, 3.63) is 71.8 Å². The third-order valence-electron chi connectivity index (χ3n) is 5.38. The minimum atomic E-state index is -0.537. The third kappa shape index (κ3) is 3.66. The van der Waals surface area contributed by atoms with Crippen LogP contribution in [0.5, 0.6) is 23.0 Å². The van der Waals surface area contributed by atoms with E-state index >= 15 is 0 Å². The number of carbonyl (C=O) groups excluding carboxylic acids is 1. The quantitative estimate of drug-likeness (QED) is 0.572. The second kappa shape index (κ2) is 9.09. The van der Waals surface area contributed by atoms with E-state index in [1.807, 2.05) is 61.5 Å². The number of methoxy groups -OCH3 is 3. The molecule has 0 fully saturated rings. The number of rotatable bonds is 7. The van der Waals surface area contributed by atoms with Crippen molar-refractivity contribution in [2.75, 3.05) is 38.2 Å². The Kier molecular flexibility index (Phi) is 6.07. The predicted molar refractivity (Wildman–Crippen MR) is 123 cm³/mol. The van der Waals surface area contributed by atoms with Crippen molar-refractivity contribution in [3.8, 4) is 23.0 Å². The van der Waals surface area contributed by atoms with Crippen LogP contribution in [0.15, 0.2) is 60.7 Å². The molecule has 1 heterocycles. The summed E-state index contributed by atoms with van der Waals surface area (Å²) in [5.41, 5.74) is 2.81. The lowest BCUT2D eigenvalue weighted by molar-refractivity contribution is 0.0974. The second-order valence-electron chi connectivity index (χ2n) is 7.12. The summed E-state index contributed by atoms with van der Waals surface area (Å²) in [4.78, 5) is 15.4. The number of ether oxygens (including phenoxy) is 4. The minimum absolute atomic E-state index is 0.120. The summed E-state index contributed by atoms with van der Waals surface area (Å²) in [6, 6.07) is 18.6. The van der Waals surface area contributed by atoms with E-state index in [1.165, 1.54) is 0 Å². The fourth-order valence-electron chi connectivity index (χ4n) is 3.95. The van der Waals surface area contributed by atoms with Crippen LogP contribution in [0.25, 0.3) is 0 Å². The van der Waals surface area contributed by atoms with Gasteiger partial charge in [-0.05, 0) is 55.5 Å². The SMILES string of the molecule is CCOc1ccc(N2C(=O)c3ccccc3N[C@H]2c2ccc(OC)c(OC)c2OC)cc1. The topological polar surface area (TPSA) is 69.3 Å². The van der Waals surface area contributed by atoms with Crippen LogP contribution in [-0.2, 0) is 0 Å². The Hall–Kier alpha value is -3.87. The molecule has 0 spiro atoms. The third-order valence-corrected chi connectivity index (χ3v) is 5.38. The lowest BCUT2D eigenvalue weighted by Crippen LogP contribution is -2.43. The van der Waals surface area contributed by atoms with Crippen molar-refractivity contribution in [2.45, 2.75) is 13.1 Å². The second-order valence-corrected chi connectivity index (χ2v) is 7.12. The van der Waals surface area contributed by atoms with Crippen molar-refractivity contribution >= 4 is 17.3 Å². The van der Waals surface area contributed by atoms with Crippen molar-refractivity contribution < 1.29 is 23.7 Å². The molecule has 1 N–H and O–H groups in total. The maximum atomic E-state index is 13.6. The van der Waals surface area contributed by atoms with Gasteiger partial charge in [0.05, 0.1) is 33.5 Å². The van der Waals surface area contributed by atoms with Crippen molar-refractivity contribution in [2.24, 2.45) is 0 Å². The molecule has 1 aliphatic rings. The average Bonchev–Trinajstić information content (AvgIpc) is 2.83. The summed E-state index contributed by atoms with van der Waals surface area (Å²) in [5, 5.41) is 3.49. The van der Waals surface area contributed by atoms with E-state index in [2.05, 4.69) is 5.32 Å². The Balaban J connectivity index is 1.87. The number of hydrogen-bond acceptors (Lipinski definition) is 6. The van der Waals surface area contributed by atoms with E-state index < -0.39 is 6.17 Å². The van der Waals surface area contributed by atoms with Crippen molar-refractivity contribution in [1.82, 2.24) is 0 Å². The van der Waals surface area contributed by atoms with Crippen LogP contribution in [0.3, 0.4) is 0 Å². The first-order chi connectivity index (χ1) is 15.6. The van der Waals surface area contributed by atoms with Crippen LogP contribution in [-0.4, -0.2) is 33.8 Å². The molecule has 0 aliphatic carbocycles. The van der Waals surface area contributed by atoms with Crippen LogP contribution >= 0.6 is 0 Å². The molecule has 0 saturated carbocycles. The molecule has 4 rings (SSSR count). The zero-order valence-electron chi connectivity index (χ0n) is 18.5. The Labute approximate surface area is 187 Å². The molecular formula is C25H26N2O5. The molecule has 0 bridgehead atoms. The molecule has 3 aromatic rings. The van der Waals surface area contributed by atoms with E-state index in [0.29, 0.717) is 29.4 Å². The summed E-state index contributed by atoms with van der Waals surface area (Å²) >= 11 is 0. The van der Waals surface area contributed by atoms with E-state index in [4.69, 9.17) is 18.9 Å². The predicted octanol–water partition coefficient (Wildman–Crippen LogP) is 4.88. The first-order valence-corrected chi connectivity index (χ1v) is 10.3. The number of nitrogens with zero attached hydrogens (tertiary/aromatic N) is 1. The highest BCUT2D eigenvalue weighted by molar-refractivity contribution is 6.12. The Morgan fingerprint density at radius 3 is 2.25 bits per heavy atom. The highest BCUT2D eigenvalue weighted by atomic mass is 16.5. The van der Waals surface area contributed by atoms with Gasteiger partial charge >= 0.3 is 0 Å². The summed E-state index contributed by atoms with van der Waals surface area (Å²) < 4.78 is 22.3. The molecular weight excluding hydrogens is 408 g/mol. The monoisotopic (exact) mass is 434 g/mol. The molecule has 166 valence electrons. The average molecular weight is 434 g/mol. The summed E-state index contributed by atoms with van der Waals surface area (Å²) in [6.07, 6.45) is -0.537. The molecule has 7 nitrogen and oxygen atoms in total. The summed E-state index contributed by atoms with van der Waals surface area (Å²) in [6.45, 7) is 2.50. The fraction of sp³-hybridized carbons (Fsp3) is 0.240. The highest BCUT2D eigenvalue weighted by Crippen LogP contribution is 2.46. The first-order valence-electron chi connectivity index (χ1n) is 10.3. The maximum absolute atomic E-state index is 13.6.